The Morgan fingerprint density at radius 1 is 1.15 bits per heavy atom. The molecule has 2 aromatic heterocycles. The molecule has 0 unspecified atom stereocenters. The predicted molar refractivity (Wildman–Crippen MR) is 131 cm³/mol. The van der Waals surface area contributed by atoms with Crippen molar-refractivity contribution in [2.45, 2.75) is 27.2 Å². The van der Waals surface area contributed by atoms with Crippen LogP contribution in [0.15, 0.2) is 47.3 Å². The molecule has 0 aliphatic carbocycles. The summed E-state index contributed by atoms with van der Waals surface area (Å²) in [5.74, 6) is 2.04. The van der Waals surface area contributed by atoms with Gasteiger partial charge in [-0.3, -0.25) is 9.59 Å². The van der Waals surface area contributed by atoms with E-state index >= 15 is 0 Å². The Balaban J connectivity index is 1.65. The SMILES string of the molecule is COc1cc(/C=c2\sc3nc(-c4ccccc4OC(C)=O)nn3c2=O)ccc1OCCC(C)C. The van der Waals surface area contributed by atoms with Gasteiger partial charge in [-0.15, -0.1) is 5.10 Å². The topological polar surface area (TPSA) is 92.0 Å². The molecule has 9 heteroatoms. The van der Waals surface area contributed by atoms with Crippen molar-refractivity contribution in [2.75, 3.05) is 13.7 Å². The van der Waals surface area contributed by atoms with E-state index in [0.29, 0.717) is 50.7 Å². The van der Waals surface area contributed by atoms with Crippen molar-refractivity contribution < 1.29 is 19.0 Å². The molecule has 0 atom stereocenters. The Hall–Kier alpha value is -3.72. The van der Waals surface area contributed by atoms with Gasteiger partial charge in [0.25, 0.3) is 5.56 Å². The largest absolute Gasteiger partial charge is 0.493 e. The fraction of sp³-hybridized carbons (Fsp3) is 0.280. The molecule has 2 heterocycles. The number of nitrogens with zero attached hydrogens (tertiary/aromatic N) is 3. The van der Waals surface area contributed by atoms with Crippen LogP contribution in [-0.2, 0) is 4.79 Å². The van der Waals surface area contributed by atoms with E-state index in [4.69, 9.17) is 14.2 Å². The van der Waals surface area contributed by atoms with Crippen molar-refractivity contribution in [3.05, 3.63) is 62.9 Å². The van der Waals surface area contributed by atoms with Gasteiger partial charge in [0.15, 0.2) is 17.3 Å². The van der Waals surface area contributed by atoms with Crippen LogP contribution in [0.3, 0.4) is 0 Å². The van der Waals surface area contributed by atoms with Crippen LogP contribution in [0.4, 0.5) is 0 Å². The zero-order valence-corrected chi connectivity index (χ0v) is 20.2. The van der Waals surface area contributed by atoms with E-state index < -0.39 is 5.97 Å². The van der Waals surface area contributed by atoms with Crippen molar-refractivity contribution in [3.63, 3.8) is 0 Å². The average Bonchev–Trinajstić information content (AvgIpc) is 3.33. The van der Waals surface area contributed by atoms with Crippen LogP contribution in [0.5, 0.6) is 17.2 Å². The molecule has 0 fully saturated rings. The minimum absolute atomic E-state index is 0.278. The summed E-state index contributed by atoms with van der Waals surface area (Å²) in [4.78, 5) is 29.3. The van der Waals surface area contributed by atoms with E-state index in [0.717, 1.165) is 12.0 Å². The maximum Gasteiger partial charge on any atom is 0.308 e. The molecule has 4 aromatic rings. The van der Waals surface area contributed by atoms with Crippen molar-refractivity contribution >= 4 is 28.3 Å². The standard InChI is InChI=1S/C25H25N3O5S/c1-15(2)11-12-32-20-10-9-17(13-21(20)31-4)14-22-24(30)28-25(34-22)26-23(27-28)18-7-5-6-8-19(18)33-16(3)29/h5-10,13-15H,11-12H2,1-4H3/b22-14-. The first-order valence-corrected chi connectivity index (χ1v) is 11.7. The molecule has 0 spiro atoms. The van der Waals surface area contributed by atoms with E-state index in [2.05, 4.69) is 23.9 Å². The monoisotopic (exact) mass is 479 g/mol. The van der Waals surface area contributed by atoms with Gasteiger partial charge >= 0.3 is 5.97 Å². The number of hydrogen-bond acceptors (Lipinski definition) is 8. The minimum Gasteiger partial charge on any atom is -0.493 e. The molecule has 8 nitrogen and oxygen atoms in total. The summed E-state index contributed by atoms with van der Waals surface area (Å²) in [6.07, 6.45) is 2.72. The molecular weight excluding hydrogens is 454 g/mol. The number of para-hydroxylation sites is 1. The number of ether oxygens (including phenoxy) is 3. The zero-order valence-electron chi connectivity index (χ0n) is 19.4. The van der Waals surface area contributed by atoms with Gasteiger partial charge in [0.2, 0.25) is 4.96 Å². The Morgan fingerprint density at radius 3 is 2.65 bits per heavy atom. The maximum absolute atomic E-state index is 13.0. The molecule has 0 saturated heterocycles. The summed E-state index contributed by atoms with van der Waals surface area (Å²) in [7, 11) is 1.59. The second-order valence-corrected chi connectivity index (χ2v) is 9.09. The number of benzene rings is 2. The van der Waals surface area contributed by atoms with Gasteiger partial charge in [-0.05, 0) is 48.2 Å². The second kappa shape index (κ2) is 10.0. The number of rotatable bonds is 8. The Labute approximate surface area is 200 Å². The Morgan fingerprint density at radius 2 is 1.94 bits per heavy atom. The smallest absolute Gasteiger partial charge is 0.308 e. The van der Waals surface area contributed by atoms with Gasteiger partial charge in [0.05, 0.1) is 23.8 Å². The van der Waals surface area contributed by atoms with Crippen LogP contribution in [0.25, 0.3) is 22.4 Å². The normalized spacial score (nSPS) is 11.9. The van der Waals surface area contributed by atoms with E-state index in [-0.39, 0.29) is 5.56 Å². The highest BCUT2D eigenvalue weighted by Gasteiger charge is 2.16. The highest BCUT2D eigenvalue weighted by molar-refractivity contribution is 7.15. The van der Waals surface area contributed by atoms with E-state index in [1.165, 1.54) is 22.8 Å². The molecule has 0 bridgehead atoms. The first-order chi connectivity index (χ1) is 16.4. The second-order valence-electron chi connectivity index (χ2n) is 8.08. The summed E-state index contributed by atoms with van der Waals surface area (Å²) < 4.78 is 18.3. The van der Waals surface area contributed by atoms with Gasteiger partial charge in [0, 0.05) is 6.92 Å². The highest BCUT2D eigenvalue weighted by Crippen LogP contribution is 2.29. The molecule has 0 amide bonds. The molecule has 176 valence electrons. The molecule has 0 radical (unpaired) electrons. The predicted octanol–water partition coefficient (Wildman–Crippen LogP) is 3.72. The number of hydrogen-bond donors (Lipinski definition) is 0. The lowest BCUT2D eigenvalue weighted by molar-refractivity contribution is -0.131. The van der Waals surface area contributed by atoms with E-state index in [1.807, 2.05) is 18.2 Å². The number of esters is 1. The fourth-order valence-electron chi connectivity index (χ4n) is 3.29. The minimum atomic E-state index is -0.443. The van der Waals surface area contributed by atoms with Crippen molar-refractivity contribution in [2.24, 2.45) is 5.92 Å². The van der Waals surface area contributed by atoms with Crippen molar-refractivity contribution in [3.8, 4) is 28.6 Å². The number of carbonyl (C=O) groups is 1. The molecule has 0 aliphatic rings. The summed E-state index contributed by atoms with van der Waals surface area (Å²) in [6, 6.07) is 12.5. The summed E-state index contributed by atoms with van der Waals surface area (Å²) in [5.41, 5.74) is 1.06. The van der Waals surface area contributed by atoms with Crippen LogP contribution in [0, 0.1) is 5.92 Å². The van der Waals surface area contributed by atoms with Crippen LogP contribution in [-0.4, -0.2) is 34.3 Å². The van der Waals surface area contributed by atoms with Crippen molar-refractivity contribution in [1.29, 1.82) is 0 Å². The van der Waals surface area contributed by atoms with Gasteiger partial charge in [-0.1, -0.05) is 43.4 Å². The maximum atomic E-state index is 13.0. The van der Waals surface area contributed by atoms with E-state index in [9.17, 15) is 9.59 Å². The van der Waals surface area contributed by atoms with Crippen LogP contribution in [0.1, 0.15) is 32.8 Å². The van der Waals surface area contributed by atoms with E-state index in [1.54, 1.807) is 37.5 Å². The Kier molecular flexibility index (Phi) is 6.93. The molecule has 4 rings (SSSR count). The quantitative estimate of drug-likeness (QED) is 0.281. The average molecular weight is 480 g/mol. The van der Waals surface area contributed by atoms with Crippen molar-refractivity contribution in [1.82, 2.24) is 14.6 Å². The molecule has 0 saturated carbocycles. The lowest BCUT2D eigenvalue weighted by Crippen LogP contribution is -2.23. The summed E-state index contributed by atoms with van der Waals surface area (Å²) >= 11 is 1.23. The number of thiazole rings is 1. The number of methoxy groups -OCH3 is 1. The number of carbonyl (C=O) groups excluding carboxylic acids is 1. The fourth-order valence-corrected chi connectivity index (χ4v) is 4.20. The van der Waals surface area contributed by atoms with Gasteiger partial charge in [-0.2, -0.15) is 9.50 Å². The zero-order chi connectivity index (χ0) is 24.2. The van der Waals surface area contributed by atoms with Crippen LogP contribution >= 0.6 is 11.3 Å². The third-order valence-electron chi connectivity index (χ3n) is 5.00. The highest BCUT2D eigenvalue weighted by atomic mass is 32.1. The van der Waals surface area contributed by atoms with Crippen LogP contribution < -0.4 is 24.3 Å². The van der Waals surface area contributed by atoms with Gasteiger partial charge in [-0.25, -0.2) is 0 Å². The molecule has 0 N–H and O–H groups in total. The molecular formula is C25H25N3O5S. The third-order valence-corrected chi connectivity index (χ3v) is 5.96. The Bertz CT molecular complexity index is 1440. The first kappa shape index (κ1) is 23.4. The molecule has 34 heavy (non-hydrogen) atoms. The molecule has 2 aromatic carbocycles. The number of aromatic nitrogens is 3. The molecule has 0 aliphatic heterocycles. The first-order valence-electron chi connectivity index (χ1n) is 10.9. The lowest BCUT2D eigenvalue weighted by atomic mass is 10.1. The summed E-state index contributed by atoms with van der Waals surface area (Å²) in [6.45, 7) is 6.23. The lowest BCUT2D eigenvalue weighted by Gasteiger charge is -2.12. The van der Waals surface area contributed by atoms with Crippen LogP contribution in [0.2, 0.25) is 0 Å². The third kappa shape index (κ3) is 5.09. The summed E-state index contributed by atoms with van der Waals surface area (Å²) in [5, 5.41) is 4.36. The van der Waals surface area contributed by atoms with Gasteiger partial charge < -0.3 is 14.2 Å². The van der Waals surface area contributed by atoms with Gasteiger partial charge in [0.1, 0.15) is 5.75 Å². The number of fused-ring (bicyclic) bond motifs is 1.